The molecule has 2 N–H and O–H groups in total. The van der Waals surface area contributed by atoms with E-state index in [1.807, 2.05) is 37.3 Å². The van der Waals surface area contributed by atoms with Crippen molar-refractivity contribution in [3.63, 3.8) is 0 Å². The molecule has 0 unspecified atom stereocenters. The molecule has 0 radical (unpaired) electrons. The number of aryl methyl sites for hydroxylation is 1. The van der Waals surface area contributed by atoms with E-state index >= 15 is 0 Å². The van der Waals surface area contributed by atoms with Gasteiger partial charge in [0.05, 0.1) is 17.3 Å². The molecule has 2 aromatic rings. The number of nitrogens with one attached hydrogen (secondary N) is 1. The van der Waals surface area contributed by atoms with Crippen molar-refractivity contribution >= 4 is 17.7 Å². The van der Waals surface area contributed by atoms with Crippen LogP contribution < -0.4 is 5.32 Å². The van der Waals surface area contributed by atoms with Crippen molar-refractivity contribution in [3.05, 3.63) is 42.2 Å². The van der Waals surface area contributed by atoms with Gasteiger partial charge < -0.3 is 15.3 Å². The van der Waals surface area contributed by atoms with Gasteiger partial charge in [0.2, 0.25) is 0 Å². The monoisotopic (exact) mass is 328 g/mol. The normalized spacial score (nSPS) is 15.3. The molecular formula is C17H20N4O3. The first kappa shape index (κ1) is 16.0. The third-order valence-corrected chi connectivity index (χ3v) is 4.34. The molecule has 1 aromatic heterocycles. The van der Waals surface area contributed by atoms with E-state index < -0.39 is 5.97 Å². The summed E-state index contributed by atoms with van der Waals surface area (Å²) in [7, 11) is 0. The zero-order chi connectivity index (χ0) is 17.1. The molecule has 1 aliphatic heterocycles. The summed E-state index contributed by atoms with van der Waals surface area (Å²) in [5.74, 6) is -1.14. The van der Waals surface area contributed by atoms with Gasteiger partial charge in [0.15, 0.2) is 0 Å². The number of hydrogen-bond acceptors (Lipinski definition) is 3. The van der Waals surface area contributed by atoms with E-state index in [1.165, 1.54) is 0 Å². The Hall–Kier alpha value is -2.83. The molecular weight excluding hydrogens is 308 g/mol. The molecule has 0 atom stereocenters. The first-order valence-corrected chi connectivity index (χ1v) is 7.95. The lowest BCUT2D eigenvalue weighted by atomic mass is 9.97. The summed E-state index contributed by atoms with van der Waals surface area (Å²) in [6.45, 7) is 2.85. The average molecular weight is 328 g/mol. The van der Waals surface area contributed by atoms with Crippen LogP contribution in [-0.2, 0) is 4.79 Å². The minimum absolute atomic E-state index is 0.212. The summed E-state index contributed by atoms with van der Waals surface area (Å²) in [6, 6.07) is 9.16. The van der Waals surface area contributed by atoms with Crippen molar-refractivity contribution < 1.29 is 14.7 Å². The van der Waals surface area contributed by atoms with Gasteiger partial charge in [-0.15, -0.1) is 0 Å². The van der Waals surface area contributed by atoms with E-state index in [2.05, 4.69) is 10.4 Å². The molecule has 0 bridgehead atoms. The fraction of sp³-hybridized carbons (Fsp3) is 0.353. The van der Waals surface area contributed by atoms with Crippen LogP contribution in [0.25, 0.3) is 5.69 Å². The fourth-order valence-electron chi connectivity index (χ4n) is 2.91. The number of amides is 2. The van der Waals surface area contributed by atoms with Crippen molar-refractivity contribution in [3.8, 4) is 5.69 Å². The predicted molar refractivity (Wildman–Crippen MR) is 89.3 cm³/mol. The number of urea groups is 1. The summed E-state index contributed by atoms with van der Waals surface area (Å²) < 4.78 is 1.77. The van der Waals surface area contributed by atoms with Crippen LogP contribution in [0.15, 0.2) is 36.5 Å². The number of anilines is 1. The smallest absolute Gasteiger partial charge is 0.321 e. The number of piperidine rings is 1. The number of likely N-dealkylation sites (tertiary alicyclic amines) is 1. The molecule has 0 saturated carbocycles. The standard InChI is InChI=1S/C17H20N4O3/c1-12-6-9-18-21(12)15-5-3-2-4-14(15)19-17(24)20-10-7-13(8-11-20)16(22)23/h2-6,9,13H,7-8,10-11H2,1H3,(H,19,24)(H,22,23). The number of hydrogen-bond donors (Lipinski definition) is 2. The number of aromatic nitrogens is 2. The number of nitrogens with zero attached hydrogens (tertiary/aromatic N) is 3. The zero-order valence-electron chi connectivity index (χ0n) is 13.5. The highest BCUT2D eigenvalue weighted by atomic mass is 16.4. The Bertz CT molecular complexity index is 748. The summed E-state index contributed by atoms with van der Waals surface area (Å²) in [6.07, 6.45) is 2.69. The minimum Gasteiger partial charge on any atom is -0.481 e. The van der Waals surface area contributed by atoms with Gasteiger partial charge in [-0.1, -0.05) is 12.1 Å². The molecule has 24 heavy (non-hydrogen) atoms. The lowest BCUT2D eigenvalue weighted by Gasteiger charge is -2.30. The van der Waals surface area contributed by atoms with Crippen LogP contribution >= 0.6 is 0 Å². The Morgan fingerprint density at radius 3 is 2.54 bits per heavy atom. The van der Waals surface area contributed by atoms with Crippen LogP contribution in [0.4, 0.5) is 10.5 Å². The number of carbonyl (C=O) groups is 2. The summed E-state index contributed by atoms with van der Waals surface area (Å²) >= 11 is 0. The lowest BCUT2D eigenvalue weighted by Crippen LogP contribution is -2.42. The zero-order valence-corrected chi connectivity index (χ0v) is 13.5. The van der Waals surface area contributed by atoms with Gasteiger partial charge in [-0.3, -0.25) is 4.79 Å². The Kier molecular flexibility index (Phi) is 4.50. The Balaban J connectivity index is 1.72. The second kappa shape index (κ2) is 6.74. The van der Waals surface area contributed by atoms with E-state index in [9.17, 15) is 9.59 Å². The van der Waals surface area contributed by atoms with Crippen LogP contribution in [0.3, 0.4) is 0 Å². The molecule has 126 valence electrons. The van der Waals surface area contributed by atoms with Gasteiger partial charge in [0.25, 0.3) is 0 Å². The highest BCUT2D eigenvalue weighted by Gasteiger charge is 2.27. The minimum atomic E-state index is -0.783. The molecule has 2 heterocycles. The van der Waals surface area contributed by atoms with Crippen LogP contribution in [0.1, 0.15) is 18.5 Å². The predicted octanol–water partition coefficient (Wildman–Crippen LogP) is 2.51. The Morgan fingerprint density at radius 2 is 1.92 bits per heavy atom. The van der Waals surface area contributed by atoms with Crippen LogP contribution in [0.2, 0.25) is 0 Å². The number of benzene rings is 1. The summed E-state index contributed by atoms with van der Waals surface area (Å²) in [5.41, 5.74) is 2.45. The molecule has 1 aromatic carbocycles. The highest BCUT2D eigenvalue weighted by molar-refractivity contribution is 5.91. The van der Waals surface area contributed by atoms with Gasteiger partial charge in [-0.25, -0.2) is 9.48 Å². The molecule has 0 aliphatic carbocycles. The van der Waals surface area contributed by atoms with E-state index in [-0.39, 0.29) is 11.9 Å². The average Bonchev–Trinajstić information content (AvgIpc) is 3.01. The molecule has 1 saturated heterocycles. The number of carboxylic acids is 1. The number of carboxylic acid groups (broad SMARTS) is 1. The maximum Gasteiger partial charge on any atom is 0.321 e. The number of para-hydroxylation sites is 2. The first-order chi connectivity index (χ1) is 11.6. The quantitative estimate of drug-likeness (QED) is 0.906. The van der Waals surface area contributed by atoms with Crippen LogP contribution in [0.5, 0.6) is 0 Å². The molecule has 7 heteroatoms. The van der Waals surface area contributed by atoms with Crippen molar-refractivity contribution in [1.29, 1.82) is 0 Å². The SMILES string of the molecule is Cc1ccnn1-c1ccccc1NC(=O)N1CCC(C(=O)O)CC1. The Morgan fingerprint density at radius 1 is 1.21 bits per heavy atom. The van der Waals surface area contributed by atoms with Gasteiger partial charge in [0.1, 0.15) is 0 Å². The fourth-order valence-corrected chi connectivity index (χ4v) is 2.91. The van der Waals surface area contributed by atoms with Crippen molar-refractivity contribution in [2.75, 3.05) is 18.4 Å². The van der Waals surface area contributed by atoms with Crippen LogP contribution in [-0.4, -0.2) is 44.9 Å². The van der Waals surface area contributed by atoms with Crippen LogP contribution in [0, 0.1) is 12.8 Å². The van der Waals surface area contributed by atoms with Gasteiger partial charge in [-0.05, 0) is 38.0 Å². The first-order valence-electron chi connectivity index (χ1n) is 7.95. The molecule has 0 spiro atoms. The maximum absolute atomic E-state index is 12.5. The Labute approximate surface area is 139 Å². The van der Waals surface area contributed by atoms with E-state index in [0.717, 1.165) is 11.4 Å². The summed E-state index contributed by atoms with van der Waals surface area (Å²) in [4.78, 5) is 25.1. The topological polar surface area (TPSA) is 87.5 Å². The van der Waals surface area contributed by atoms with Gasteiger partial charge in [0, 0.05) is 25.0 Å². The third kappa shape index (κ3) is 3.24. The van der Waals surface area contributed by atoms with E-state index in [1.54, 1.807) is 15.8 Å². The molecule has 1 fully saturated rings. The number of carbonyl (C=O) groups excluding carboxylic acids is 1. The number of aliphatic carboxylic acids is 1. The maximum atomic E-state index is 12.5. The molecule has 7 nitrogen and oxygen atoms in total. The number of rotatable bonds is 3. The van der Waals surface area contributed by atoms with Crippen molar-refractivity contribution in [2.24, 2.45) is 5.92 Å². The molecule has 3 rings (SSSR count). The lowest BCUT2D eigenvalue weighted by molar-refractivity contribution is -0.143. The largest absolute Gasteiger partial charge is 0.481 e. The second-order valence-electron chi connectivity index (χ2n) is 5.93. The van der Waals surface area contributed by atoms with Crippen molar-refractivity contribution in [2.45, 2.75) is 19.8 Å². The molecule has 1 aliphatic rings. The van der Waals surface area contributed by atoms with E-state index in [4.69, 9.17) is 5.11 Å². The summed E-state index contributed by atoms with van der Waals surface area (Å²) in [5, 5.41) is 16.2. The highest BCUT2D eigenvalue weighted by Crippen LogP contribution is 2.23. The molecule has 2 amide bonds. The third-order valence-electron chi connectivity index (χ3n) is 4.34. The second-order valence-corrected chi connectivity index (χ2v) is 5.93. The van der Waals surface area contributed by atoms with Gasteiger partial charge >= 0.3 is 12.0 Å². The van der Waals surface area contributed by atoms with E-state index in [0.29, 0.717) is 31.6 Å². The van der Waals surface area contributed by atoms with Crippen molar-refractivity contribution in [1.82, 2.24) is 14.7 Å². The van der Waals surface area contributed by atoms with Gasteiger partial charge in [-0.2, -0.15) is 5.10 Å².